The molecule has 1 aliphatic heterocycles. The number of aromatic nitrogens is 2. The van der Waals surface area contributed by atoms with E-state index in [0.717, 1.165) is 19.4 Å². The summed E-state index contributed by atoms with van der Waals surface area (Å²) in [6.07, 6.45) is 3.63. The first kappa shape index (κ1) is 17.6. The van der Waals surface area contributed by atoms with Crippen LogP contribution in [0.5, 0.6) is 0 Å². The molecule has 1 fully saturated rings. The molecule has 0 saturated carbocycles. The third-order valence-corrected chi connectivity index (χ3v) is 5.09. The van der Waals surface area contributed by atoms with Crippen molar-refractivity contribution in [2.24, 2.45) is 5.92 Å². The SMILES string of the molecule is CC1CCCN(C(=O)CCCc2nc3ccccc3c(=O)[nH]2)C1CO. The molecule has 2 unspecified atom stereocenters. The van der Waals surface area contributed by atoms with Gasteiger partial charge in [0.1, 0.15) is 5.82 Å². The van der Waals surface area contributed by atoms with Crippen LogP contribution < -0.4 is 5.56 Å². The van der Waals surface area contributed by atoms with E-state index in [1.54, 1.807) is 6.07 Å². The molecule has 2 N–H and O–H groups in total. The Kier molecular flexibility index (Phi) is 5.48. The van der Waals surface area contributed by atoms with Crippen LogP contribution in [0.4, 0.5) is 0 Å². The first-order chi connectivity index (χ1) is 12.1. The van der Waals surface area contributed by atoms with Gasteiger partial charge in [-0.3, -0.25) is 9.59 Å². The molecular weight excluding hydrogens is 318 g/mol. The number of nitrogens with one attached hydrogen (secondary N) is 1. The average molecular weight is 343 g/mol. The zero-order valence-corrected chi connectivity index (χ0v) is 14.6. The van der Waals surface area contributed by atoms with Gasteiger partial charge in [0.15, 0.2) is 0 Å². The van der Waals surface area contributed by atoms with Crippen LogP contribution in [0.15, 0.2) is 29.1 Å². The van der Waals surface area contributed by atoms with E-state index in [1.165, 1.54) is 0 Å². The lowest BCUT2D eigenvalue weighted by Gasteiger charge is -2.39. The maximum absolute atomic E-state index is 12.5. The highest BCUT2D eigenvalue weighted by Gasteiger charge is 2.30. The first-order valence-electron chi connectivity index (χ1n) is 8.98. The quantitative estimate of drug-likeness (QED) is 0.868. The van der Waals surface area contributed by atoms with Crippen LogP contribution in [0.3, 0.4) is 0 Å². The number of carbonyl (C=O) groups excluding carboxylic acids is 1. The van der Waals surface area contributed by atoms with Gasteiger partial charge in [-0.15, -0.1) is 0 Å². The normalized spacial score (nSPS) is 20.8. The molecule has 0 bridgehead atoms. The fourth-order valence-corrected chi connectivity index (χ4v) is 3.64. The molecule has 6 nitrogen and oxygen atoms in total. The Hall–Kier alpha value is -2.21. The molecule has 1 aliphatic rings. The van der Waals surface area contributed by atoms with Crippen molar-refractivity contribution in [2.45, 2.75) is 45.1 Å². The number of fused-ring (bicyclic) bond motifs is 1. The molecule has 3 rings (SSSR count). The van der Waals surface area contributed by atoms with Crippen molar-refractivity contribution < 1.29 is 9.90 Å². The number of hydrogen-bond donors (Lipinski definition) is 2. The van der Waals surface area contributed by atoms with Crippen LogP contribution >= 0.6 is 0 Å². The van der Waals surface area contributed by atoms with E-state index in [0.29, 0.717) is 41.9 Å². The third-order valence-electron chi connectivity index (χ3n) is 5.09. The second kappa shape index (κ2) is 7.78. The minimum absolute atomic E-state index is 0.0203. The topological polar surface area (TPSA) is 86.3 Å². The van der Waals surface area contributed by atoms with Gasteiger partial charge in [-0.05, 0) is 37.3 Å². The number of aromatic amines is 1. The van der Waals surface area contributed by atoms with Crippen LogP contribution in [-0.4, -0.2) is 45.1 Å². The van der Waals surface area contributed by atoms with Gasteiger partial charge < -0.3 is 15.0 Å². The Morgan fingerprint density at radius 3 is 3.00 bits per heavy atom. The number of carbonyl (C=O) groups is 1. The summed E-state index contributed by atoms with van der Waals surface area (Å²) in [5.41, 5.74) is 0.537. The fraction of sp³-hybridized carbons (Fsp3) is 0.526. The van der Waals surface area contributed by atoms with E-state index in [-0.39, 0.29) is 24.1 Å². The Labute approximate surface area is 146 Å². The van der Waals surface area contributed by atoms with E-state index in [2.05, 4.69) is 16.9 Å². The van der Waals surface area contributed by atoms with Crippen LogP contribution in [-0.2, 0) is 11.2 Å². The Morgan fingerprint density at radius 1 is 1.40 bits per heavy atom. The second-order valence-electron chi connectivity index (χ2n) is 6.84. The molecule has 2 heterocycles. The van der Waals surface area contributed by atoms with E-state index in [4.69, 9.17) is 0 Å². The van der Waals surface area contributed by atoms with Gasteiger partial charge in [-0.1, -0.05) is 19.1 Å². The van der Waals surface area contributed by atoms with Gasteiger partial charge in [-0.25, -0.2) is 4.98 Å². The van der Waals surface area contributed by atoms with Crippen LogP contribution in [0.1, 0.15) is 38.4 Å². The minimum Gasteiger partial charge on any atom is -0.394 e. The lowest BCUT2D eigenvalue weighted by atomic mass is 9.91. The van der Waals surface area contributed by atoms with Crippen molar-refractivity contribution >= 4 is 16.8 Å². The summed E-state index contributed by atoms with van der Waals surface area (Å²) >= 11 is 0. The average Bonchev–Trinajstić information content (AvgIpc) is 2.61. The number of nitrogens with zero attached hydrogens (tertiary/aromatic N) is 2. The predicted molar refractivity (Wildman–Crippen MR) is 96.3 cm³/mol. The highest BCUT2D eigenvalue weighted by molar-refractivity contribution is 5.77. The number of hydrogen-bond acceptors (Lipinski definition) is 4. The van der Waals surface area contributed by atoms with Gasteiger partial charge in [-0.2, -0.15) is 0 Å². The highest BCUT2D eigenvalue weighted by Crippen LogP contribution is 2.24. The molecule has 1 amide bonds. The second-order valence-corrected chi connectivity index (χ2v) is 6.84. The van der Waals surface area contributed by atoms with Gasteiger partial charge in [0.05, 0.1) is 23.6 Å². The Balaban J connectivity index is 1.61. The summed E-state index contributed by atoms with van der Waals surface area (Å²) in [5, 5.41) is 10.2. The van der Waals surface area contributed by atoms with Crippen LogP contribution in [0.25, 0.3) is 10.9 Å². The standard InChI is InChI=1S/C19H25N3O3/c1-13-6-5-11-22(16(13)12-23)18(24)10-4-9-17-20-15-8-3-2-7-14(15)19(25)21-17/h2-3,7-8,13,16,23H,4-6,9-12H2,1H3,(H,20,21,25). The van der Waals surface area contributed by atoms with Crippen molar-refractivity contribution in [3.8, 4) is 0 Å². The van der Waals surface area contributed by atoms with Gasteiger partial charge in [0.2, 0.25) is 5.91 Å². The molecule has 1 saturated heterocycles. The smallest absolute Gasteiger partial charge is 0.258 e. The van der Waals surface area contributed by atoms with Crippen molar-refractivity contribution in [3.63, 3.8) is 0 Å². The number of rotatable bonds is 5. The lowest BCUT2D eigenvalue weighted by Crippen LogP contribution is -2.49. The van der Waals surface area contributed by atoms with Crippen LogP contribution in [0, 0.1) is 5.92 Å². The summed E-state index contributed by atoms with van der Waals surface area (Å²) in [6, 6.07) is 7.17. The molecule has 2 aromatic rings. The molecule has 25 heavy (non-hydrogen) atoms. The number of aliphatic hydroxyl groups is 1. The minimum atomic E-state index is -0.142. The predicted octanol–water partition coefficient (Wildman–Crippen LogP) is 1.87. The molecule has 0 aliphatic carbocycles. The molecule has 2 atom stereocenters. The first-order valence-corrected chi connectivity index (χ1v) is 8.98. The summed E-state index contributed by atoms with van der Waals surface area (Å²) in [7, 11) is 0. The monoisotopic (exact) mass is 343 g/mol. The van der Waals surface area contributed by atoms with E-state index >= 15 is 0 Å². The largest absolute Gasteiger partial charge is 0.394 e. The fourth-order valence-electron chi connectivity index (χ4n) is 3.64. The maximum Gasteiger partial charge on any atom is 0.258 e. The van der Waals surface area contributed by atoms with Gasteiger partial charge >= 0.3 is 0 Å². The number of likely N-dealkylation sites (tertiary alicyclic amines) is 1. The lowest BCUT2D eigenvalue weighted by molar-refractivity contribution is -0.137. The third kappa shape index (κ3) is 3.90. The summed E-state index contributed by atoms with van der Waals surface area (Å²) in [4.78, 5) is 33.7. The van der Waals surface area contributed by atoms with E-state index in [9.17, 15) is 14.7 Å². The van der Waals surface area contributed by atoms with Gasteiger partial charge in [0.25, 0.3) is 5.56 Å². The van der Waals surface area contributed by atoms with Crippen molar-refractivity contribution in [1.82, 2.24) is 14.9 Å². The molecule has 0 spiro atoms. The number of piperidine rings is 1. The molecular formula is C19H25N3O3. The number of benzene rings is 1. The number of aliphatic hydroxyl groups excluding tert-OH is 1. The van der Waals surface area contributed by atoms with Crippen molar-refractivity contribution in [3.05, 3.63) is 40.4 Å². The summed E-state index contributed by atoms with van der Waals surface area (Å²) in [6.45, 7) is 2.83. The van der Waals surface area contributed by atoms with Crippen LogP contribution in [0.2, 0.25) is 0 Å². The number of H-pyrrole nitrogens is 1. The van der Waals surface area contributed by atoms with E-state index in [1.807, 2.05) is 23.1 Å². The van der Waals surface area contributed by atoms with Crippen molar-refractivity contribution in [1.29, 1.82) is 0 Å². The Bertz CT molecular complexity index is 802. The number of para-hydroxylation sites is 1. The molecule has 1 aromatic heterocycles. The molecule has 134 valence electrons. The summed E-state index contributed by atoms with van der Waals surface area (Å²) in [5.74, 6) is 1.03. The number of amides is 1. The molecule has 6 heteroatoms. The van der Waals surface area contributed by atoms with Crippen molar-refractivity contribution in [2.75, 3.05) is 13.2 Å². The maximum atomic E-state index is 12.5. The zero-order valence-electron chi connectivity index (χ0n) is 14.6. The van der Waals surface area contributed by atoms with E-state index < -0.39 is 0 Å². The molecule has 1 aromatic carbocycles. The Morgan fingerprint density at radius 2 is 2.20 bits per heavy atom. The van der Waals surface area contributed by atoms with Gasteiger partial charge in [0, 0.05) is 19.4 Å². The summed E-state index contributed by atoms with van der Waals surface area (Å²) < 4.78 is 0. The zero-order chi connectivity index (χ0) is 17.8. The highest BCUT2D eigenvalue weighted by atomic mass is 16.3. The number of aryl methyl sites for hydroxylation is 1. The molecule has 0 radical (unpaired) electrons.